The minimum atomic E-state index is -0.522. The summed E-state index contributed by atoms with van der Waals surface area (Å²) in [4.78, 5) is 35.7. The Labute approximate surface area is 245 Å². The molecule has 11 heteroatoms. The molecule has 3 aliphatic heterocycles. The lowest BCUT2D eigenvalue weighted by Crippen LogP contribution is -2.51. The molecule has 2 unspecified atom stereocenters. The number of fused-ring (bicyclic) bond motifs is 1. The van der Waals surface area contributed by atoms with Crippen LogP contribution in [-0.2, 0) is 29.6 Å². The van der Waals surface area contributed by atoms with Crippen molar-refractivity contribution in [2.75, 3.05) is 27.2 Å². The first-order valence-corrected chi connectivity index (χ1v) is 14.5. The summed E-state index contributed by atoms with van der Waals surface area (Å²) in [6, 6.07) is 13.3. The number of ether oxygens (including phenoxy) is 1. The van der Waals surface area contributed by atoms with Gasteiger partial charge in [-0.05, 0) is 72.6 Å². The van der Waals surface area contributed by atoms with Gasteiger partial charge in [0.25, 0.3) is 0 Å². The quantitative estimate of drug-likeness (QED) is 0.425. The van der Waals surface area contributed by atoms with Crippen molar-refractivity contribution in [1.29, 1.82) is 0 Å². The van der Waals surface area contributed by atoms with Crippen LogP contribution in [-0.4, -0.2) is 88.3 Å². The van der Waals surface area contributed by atoms with Gasteiger partial charge in [-0.1, -0.05) is 23.4 Å². The van der Waals surface area contributed by atoms with E-state index in [1.165, 1.54) is 5.56 Å². The van der Waals surface area contributed by atoms with Crippen LogP contribution in [0.1, 0.15) is 24.0 Å². The maximum Gasteiger partial charge on any atom is 0.243 e. The second kappa shape index (κ2) is 11.9. The van der Waals surface area contributed by atoms with Crippen LogP contribution in [0.4, 0.5) is 0 Å². The van der Waals surface area contributed by atoms with Crippen LogP contribution < -0.4 is 15.4 Å². The molecule has 0 radical (unpaired) electrons. The maximum atomic E-state index is 14.0. The Bertz CT molecular complexity index is 1500. The number of nitrogens with zero attached hydrogens (tertiary/aromatic N) is 6. The molecule has 2 aromatic carbocycles. The largest absolute Gasteiger partial charge is 0.497 e. The third-order valence-corrected chi connectivity index (χ3v) is 8.83. The van der Waals surface area contributed by atoms with Crippen molar-refractivity contribution in [3.63, 3.8) is 0 Å². The topological polar surface area (TPSA) is 117 Å². The fourth-order valence-electron chi connectivity index (χ4n) is 6.56. The van der Waals surface area contributed by atoms with Gasteiger partial charge in [-0.2, -0.15) is 0 Å². The third-order valence-electron chi connectivity index (χ3n) is 8.83. The molecule has 220 valence electrons. The molecular weight excluding hydrogens is 532 g/mol. The van der Waals surface area contributed by atoms with E-state index in [4.69, 9.17) is 4.74 Å². The number of benzene rings is 2. The number of amides is 2. The summed E-state index contributed by atoms with van der Waals surface area (Å²) in [6.07, 6.45) is 7.87. The number of hydrogen-bond acceptors (Lipinski definition) is 8. The van der Waals surface area contributed by atoms with Gasteiger partial charge in [-0.3, -0.25) is 9.59 Å². The first-order valence-electron chi connectivity index (χ1n) is 14.5. The smallest absolute Gasteiger partial charge is 0.243 e. The first kappa shape index (κ1) is 27.9. The van der Waals surface area contributed by atoms with E-state index in [-0.39, 0.29) is 35.7 Å². The zero-order valence-electron chi connectivity index (χ0n) is 24.3. The van der Waals surface area contributed by atoms with Crippen LogP contribution in [0.25, 0.3) is 11.0 Å². The normalized spacial score (nSPS) is 25.4. The van der Waals surface area contributed by atoms with Crippen molar-refractivity contribution in [2.45, 2.75) is 43.9 Å². The molecule has 2 N–H and O–H groups in total. The lowest BCUT2D eigenvalue weighted by atomic mass is 9.94. The summed E-state index contributed by atoms with van der Waals surface area (Å²) in [5.74, 6) is 1.15. The molecule has 2 amide bonds. The van der Waals surface area contributed by atoms with E-state index in [0.717, 1.165) is 41.7 Å². The second-order valence-corrected chi connectivity index (χ2v) is 11.6. The standard InChI is InChI=1S/C31H38N8O3/c1-37-19-32-11-10-27(37)23-15-26(33-17-23)31(41)39-18-22(12-20-4-7-24(42-3)8-5-20)14-29(39)30(40)34-16-21-6-9-28-25(13-21)35-36-38(28)2/h4-11,13,19,22-23,26-27,29,33H,12,14-18H2,1-3H3,(H,34,40)/t22-,23?,26-,27?,29+/m1/s1. The monoisotopic (exact) mass is 570 g/mol. The Hall–Kier alpha value is -4.25. The van der Waals surface area contributed by atoms with Gasteiger partial charge >= 0.3 is 0 Å². The molecule has 0 saturated carbocycles. The second-order valence-electron chi connectivity index (χ2n) is 11.6. The van der Waals surface area contributed by atoms with Gasteiger partial charge < -0.3 is 25.2 Å². The van der Waals surface area contributed by atoms with Crippen molar-refractivity contribution in [2.24, 2.45) is 23.9 Å². The Morgan fingerprint density at radius 1 is 1.10 bits per heavy atom. The number of methoxy groups -OCH3 is 1. The van der Waals surface area contributed by atoms with Crippen LogP contribution in [0.15, 0.2) is 59.7 Å². The molecular formula is C31H38N8O3. The molecule has 2 saturated heterocycles. The van der Waals surface area contributed by atoms with E-state index in [2.05, 4.69) is 49.0 Å². The van der Waals surface area contributed by atoms with E-state index in [1.54, 1.807) is 11.8 Å². The van der Waals surface area contributed by atoms with Gasteiger partial charge in [0.05, 0.1) is 31.0 Å². The minimum absolute atomic E-state index is 0.00645. The Kier molecular flexibility index (Phi) is 7.92. The van der Waals surface area contributed by atoms with E-state index >= 15 is 0 Å². The number of carbonyl (C=O) groups is 2. The number of nitrogens with one attached hydrogen (secondary N) is 2. The van der Waals surface area contributed by atoms with Crippen LogP contribution >= 0.6 is 0 Å². The summed E-state index contributed by atoms with van der Waals surface area (Å²) >= 11 is 0. The summed E-state index contributed by atoms with van der Waals surface area (Å²) in [5, 5.41) is 14.8. The highest BCUT2D eigenvalue weighted by molar-refractivity contribution is 5.90. The van der Waals surface area contributed by atoms with Gasteiger partial charge in [0.2, 0.25) is 11.8 Å². The highest BCUT2D eigenvalue weighted by Gasteiger charge is 2.44. The molecule has 3 aliphatic rings. The van der Waals surface area contributed by atoms with E-state index in [0.29, 0.717) is 19.5 Å². The minimum Gasteiger partial charge on any atom is -0.497 e. The molecule has 11 nitrogen and oxygen atoms in total. The third kappa shape index (κ3) is 5.74. The molecule has 42 heavy (non-hydrogen) atoms. The van der Waals surface area contributed by atoms with Gasteiger partial charge in [-0.15, -0.1) is 5.10 Å². The number of likely N-dealkylation sites (N-methyl/N-ethyl adjacent to an activating group) is 1. The number of hydrogen-bond donors (Lipinski definition) is 2. The highest BCUT2D eigenvalue weighted by Crippen LogP contribution is 2.31. The number of rotatable bonds is 8. The lowest BCUT2D eigenvalue weighted by Gasteiger charge is -2.30. The SMILES string of the molecule is COc1ccc(C[C@@H]2C[C@@H](C(=O)NCc3ccc4c(c3)nnn4C)N(C(=O)[C@H]3CC(C4C=CN=CN4C)CN3)C2)cc1. The highest BCUT2D eigenvalue weighted by atomic mass is 16.5. The van der Waals surface area contributed by atoms with Crippen molar-refractivity contribution in [1.82, 2.24) is 35.4 Å². The molecule has 0 bridgehead atoms. The number of aryl methyl sites for hydroxylation is 1. The Balaban J connectivity index is 1.15. The molecule has 6 rings (SSSR count). The number of carbonyl (C=O) groups excluding carboxylic acids is 2. The van der Waals surface area contributed by atoms with Crippen LogP contribution in [0.5, 0.6) is 5.75 Å². The predicted molar refractivity (Wildman–Crippen MR) is 160 cm³/mol. The van der Waals surface area contributed by atoms with Gasteiger partial charge in [0, 0.05) is 39.9 Å². The molecule has 5 atom stereocenters. The maximum absolute atomic E-state index is 14.0. The summed E-state index contributed by atoms with van der Waals surface area (Å²) < 4.78 is 7.03. The Morgan fingerprint density at radius 2 is 1.90 bits per heavy atom. The zero-order chi connectivity index (χ0) is 29.2. The van der Waals surface area contributed by atoms with E-state index < -0.39 is 6.04 Å². The zero-order valence-corrected chi connectivity index (χ0v) is 24.3. The lowest BCUT2D eigenvalue weighted by molar-refractivity contribution is -0.139. The van der Waals surface area contributed by atoms with Crippen molar-refractivity contribution in [3.05, 3.63) is 65.9 Å². The number of aliphatic imine (C=N–C) groups is 1. The van der Waals surface area contributed by atoms with Crippen LogP contribution in [0.3, 0.4) is 0 Å². The predicted octanol–water partition coefficient (Wildman–Crippen LogP) is 1.89. The molecule has 0 aliphatic carbocycles. The fourth-order valence-corrected chi connectivity index (χ4v) is 6.56. The van der Waals surface area contributed by atoms with Gasteiger partial charge in [0.1, 0.15) is 17.3 Å². The molecule has 2 fully saturated rings. The molecule has 3 aromatic rings. The molecule has 0 spiro atoms. The van der Waals surface area contributed by atoms with Gasteiger partial charge in [-0.25, -0.2) is 9.67 Å². The number of likely N-dealkylation sites (tertiary alicyclic amines) is 1. The Morgan fingerprint density at radius 3 is 2.69 bits per heavy atom. The average Bonchev–Trinajstić information content (AvgIpc) is 3.75. The van der Waals surface area contributed by atoms with E-state index in [1.807, 2.05) is 61.9 Å². The van der Waals surface area contributed by atoms with Crippen LogP contribution in [0, 0.1) is 11.8 Å². The molecule has 4 heterocycles. The molecule has 1 aromatic heterocycles. The van der Waals surface area contributed by atoms with Crippen molar-refractivity contribution >= 4 is 29.2 Å². The first-order chi connectivity index (χ1) is 20.4. The summed E-state index contributed by atoms with van der Waals surface area (Å²) in [5.41, 5.74) is 3.83. The fraction of sp³-hybridized carbons (Fsp3) is 0.452. The average molecular weight is 571 g/mol. The van der Waals surface area contributed by atoms with Crippen molar-refractivity contribution < 1.29 is 14.3 Å². The van der Waals surface area contributed by atoms with E-state index in [9.17, 15) is 9.59 Å². The summed E-state index contributed by atoms with van der Waals surface area (Å²) in [7, 11) is 5.52. The summed E-state index contributed by atoms with van der Waals surface area (Å²) in [6.45, 7) is 1.65. The van der Waals surface area contributed by atoms with Crippen LogP contribution in [0.2, 0.25) is 0 Å². The van der Waals surface area contributed by atoms with Gasteiger partial charge in [0.15, 0.2) is 0 Å². The van der Waals surface area contributed by atoms with Crippen molar-refractivity contribution in [3.8, 4) is 5.75 Å². The number of aromatic nitrogens is 3.